The first-order valence-electron chi connectivity index (χ1n) is 10.9. The molecule has 0 saturated heterocycles. The van der Waals surface area contributed by atoms with Crippen LogP contribution in [0.4, 0.5) is 0 Å². The minimum Gasteiger partial charge on any atom is -0.480 e. The lowest BCUT2D eigenvalue weighted by atomic mass is 9.96. The highest BCUT2D eigenvalue weighted by Crippen LogP contribution is 2.11. The van der Waals surface area contributed by atoms with Gasteiger partial charge in [0.15, 0.2) is 0 Å². The Hall–Kier alpha value is -2.94. The third kappa shape index (κ3) is 8.30. The maximum atomic E-state index is 12.8. The number of carboxylic acids is 1. The Balaban J connectivity index is 2.77. The van der Waals surface area contributed by atoms with Gasteiger partial charge >= 0.3 is 5.97 Å². The Labute approximate surface area is 189 Å². The quantitative estimate of drug-likeness (QED) is 0.319. The van der Waals surface area contributed by atoms with E-state index in [-0.39, 0.29) is 11.8 Å². The van der Waals surface area contributed by atoms with E-state index in [1.54, 1.807) is 20.8 Å². The number of carbonyl (C=O) groups excluding carboxylic acids is 3. The summed E-state index contributed by atoms with van der Waals surface area (Å²) in [5.41, 5.74) is 6.87. The maximum Gasteiger partial charge on any atom is 0.326 e. The Morgan fingerprint density at radius 1 is 0.875 bits per heavy atom. The van der Waals surface area contributed by atoms with Crippen LogP contribution in [0, 0.1) is 11.8 Å². The van der Waals surface area contributed by atoms with Crippen molar-refractivity contribution in [2.45, 2.75) is 71.6 Å². The van der Waals surface area contributed by atoms with Crippen molar-refractivity contribution in [1.82, 2.24) is 16.0 Å². The van der Waals surface area contributed by atoms with Gasteiger partial charge in [-0.1, -0.05) is 64.4 Å². The number of aliphatic carboxylic acids is 1. The summed E-state index contributed by atoms with van der Waals surface area (Å²) >= 11 is 0. The molecular weight excluding hydrogens is 412 g/mol. The minimum absolute atomic E-state index is 0.246. The number of carboxylic acid groups (broad SMARTS) is 1. The molecule has 0 aliphatic rings. The van der Waals surface area contributed by atoms with Crippen LogP contribution in [0.15, 0.2) is 30.3 Å². The third-order valence-electron chi connectivity index (χ3n) is 5.41. The second-order valence-electron chi connectivity index (χ2n) is 8.47. The first kappa shape index (κ1) is 27.1. The summed E-state index contributed by atoms with van der Waals surface area (Å²) in [6.07, 6.45) is 0.908. The van der Waals surface area contributed by atoms with Gasteiger partial charge in [-0.2, -0.15) is 0 Å². The molecule has 1 aromatic rings. The van der Waals surface area contributed by atoms with E-state index in [9.17, 15) is 24.3 Å². The van der Waals surface area contributed by atoms with Crippen molar-refractivity contribution in [2.75, 3.05) is 0 Å². The van der Waals surface area contributed by atoms with E-state index in [4.69, 9.17) is 5.73 Å². The number of hydrogen-bond acceptors (Lipinski definition) is 5. The fourth-order valence-electron chi connectivity index (χ4n) is 3.08. The summed E-state index contributed by atoms with van der Waals surface area (Å²) in [6.45, 7) is 8.53. The summed E-state index contributed by atoms with van der Waals surface area (Å²) in [7, 11) is 0. The molecule has 5 atom stereocenters. The fourth-order valence-corrected chi connectivity index (χ4v) is 3.08. The molecule has 0 radical (unpaired) electrons. The van der Waals surface area contributed by atoms with Crippen LogP contribution in [-0.2, 0) is 25.6 Å². The lowest BCUT2D eigenvalue weighted by Crippen LogP contribution is -2.58. The van der Waals surface area contributed by atoms with Gasteiger partial charge in [-0.05, 0) is 30.7 Å². The topological polar surface area (TPSA) is 151 Å². The number of amides is 3. The highest BCUT2D eigenvalue weighted by Gasteiger charge is 2.32. The first-order chi connectivity index (χ1) is 15.0. The number of benzene rings is 1. The van der Waals surface area contributed by atoms with Crippen LogP contribution in [0.25, 0.3) is 0 Å². The Kier molecular flexibility index (Phi) is 10.8. The van der Waals surface area contributed by atoms with Gasteiger partial charge in [0.1, 0.15) is 18.1 Å². The molecule has 6 N–H and O–H groups in total. The zero-order chi connectivity index (χ0) is 24.4. The second kappa shape index (κ2) is 12.8. The lowest BCUT2D eigenvalue weighted by molar-refractivity contribution is -0.144. The van der Waals surface area contributed by atoms with Crippen LogP contribution < -0.4 is 21.7 Å². The van der Waals surface area contributed by atoms with Gasteiger partial charge in [0.25, 0.3) is 0 Å². The molecule has 5 unspecified atom stereocenters. The fraction of sp³-hybridized carbons (Fsp3) is 0.565. The van der Waals surface area contributed by atoms with E-state index in [2.05, 4.69) is 16.0 Å². The maximum absolute atomic E-state index is 12.8. The van der Waals surface area contributed by atoms with E-state index >= 15 is 0 Å². The van der Waals surface area contributed by atoms with E-state index in [1.165, 1.54) is 6.92 Å². The van der Waals surface area contributed by atoms with E-state index in [1.807, 2.05) is 37.3 Å². The van der Waals surface area contributed by atoms with Crippen LogP contribution in [0.1, 0.15) is 46.6 Å². The second-order valence-corrected chi connectivity index (χ2v) is 8.47. The number of rotatable bonds is 12. The van der Waals surface area contributed by atoms with Gasteiger partial charge in [-0.15, -0.1) is 0 Å². The SMILES string of the molecule is CCC(C)C(NC(=O)C(C)NC(=O)C(N)Cc1ccccc1)C(=O)NC(C(=O)O)C(C)C. The van der Waals surface area contributed by atoms with Gasteiger partial charge in [0, 0.05) is 0 Å². The molecule has 0 heterocycles. The van der Waals surface area contributed by atoms with Crippen molar-refractivity contribution in [1.29, 1.82) is 0 Å². The van der Waals surface area contributed by atoms with Gasteiger partial charge in [0.2, 0.25) is 17.7 Å². The molecule has 32 heavy (non-hydrogen) atoms. The van der Waals surface area contributed by atoms with Crippen molar-refractivity contribution in [3.63, 3.8) is 0 Å². The van der Waals surface area contributed by atoms with Crippen LogP contribution in [0.2, 0.25) is 0 Å². The molecule has 0 aromatic heterocycles. The zero-order valence-corrected chi connectivity index (χ0v) is 19.4. The summed E-state index contributed by atoms with van der Waals surface area (Å²) in [5.74, 6) is -3.32. The average molecular weight is 449 g/mol. The number of nitrogens with two attached hydrogens (primary N) is 1. The average Bonchev–Trinajstić information content (AvgIpc) is 2.74. The molecule has 0 saturated carbocycles. The van der Waals surface area contributed by atoms with Crippen molar-refractivity contribution >= 4 is 23.7 Å². The summed E-state index contributed by atoms with van der Waals surface area (Å²) in [6, 6.07) is 5.53. The van der Waals surface area contributed by atoms with Gasteiger partial charge in [-0.3, -0.25) is 14.4 Å². The van der Waals surface area contributed by atoms with Gasteiger partial charge < -0.3 is 26.8 Å². The van der Waals surface area contributed by atoms with Crippen LogP contribution >= 0.6 is 0 Å². The lowest BCUT2D eigenvalue weighted by Gasteiger charge is -2.28. The minimum atomic E-state index is -1.14. The van der Waals surface area contributed by atoms with Crippen molar-refractivity contribution in [3.05, 3.63) is 35.9 Å². The third-order valence-corrected chi connectivity index (χ3v) is 5.41. The molecule has 1 aromatic carbocycles. The van der Waals surface area contributed by atoms with E-state index < -0.39 is 47.9 Å². The van der Waals surface area contributed by atoms with Crippen molar-refractivity contribution < 1.29 is 24.3 Å². The van der Waals surface area contributed by atoms with Crippen LogP contribution in [-0.4, -0.2) is 53.0 Å². The van der Waals surface area contributed by atoms with Crippen LogP contribution in [0.5, 0.6) is 0 Å². The molecule has 0 fully saturated rings. The molecule has 9 nitrogen and oxygen atoms in total. The number of carbonyl (C=O) groups is 4. The Morgan fingerprint density at radius 3 is 1.94 bits per heavy atom. The zero-order valence-electron chi connectivity index (χ0n) is 19.4. The molecule has 9 heteroatoms. The molecule has 0 bridgehead atoms. The molecule has 0 spiro atoms. The smallest absolute Gasteiger partial charge is 0.326 e. The first-order valence-corrected chi connectivity index (χ1v) is 10.9. The normalized spacial score (nSPS) is 15.7. The molecule has 1 rings (SSSR count). The number of hydrogen-bond donors (Lipinski definition) is 5. The van der Waals surface area contributed by atoms with Gasteiger partial charge in [-0.25, -0.2) is 4.79 Å². The molecule has 0 aliphatic carbocycles. The summed E-state index contributed by atoms with van der Waals surface area (Å²) in [4.78, 5) is 49.3. The standard InChI is InChI=1S/C23H36N4O5/c1-6-14(4)19(22(30)26-18(13(2)3)23(31)32)27-20(28)15(5)25-21(29)17(24)12-16-10-8-7-9-11-16/h7-11,13-15,17-19H,6,12,24H2,1-5H3,(H,25,29)(H,26,30)(H,27,28)(H,31,32). The largest absolute Gasteiger partial charge is 0.480 e. The van der Waals surface area contributed by atoms with Crippen LogP contribution in [0.3, 0.4) is 0 Å². The van der Waals surface area contributed by atoms with E-state index in [0.29, 0.717) is 12.8 Å². The van der Waals surface area contributed by atoms with Gasteiger partial charge in [0.05, 0.1) is 6.04 Å². The Bertz CT molecular complexity index is 784. The monoisotopic (exact) mass is 448 g/mol. The Morgan fingerprint density at radius 2 is 1.44 bits per heavy atom. The molecule has 178 valence electrons. The predicted molar refractivity (Wildman–Crippen MR) is 122 cm³/mol. The van der Waals surface area contributed by atoms with Crippen molar-refractivity contribution in [3.8, 4) is 0 Å². The molecule has 0 aliphatic heterocycles. The molecular formula is C23H36N4O5. The highest BCUT2D eigenvalue weighted by atomic mass is 16.4. The summed E-state index contributed by atoms with van der Waals surface area (Å²) in [5, 5.41) is 17.1. The van der Waals surface area contributed by atoms with Crippen molar-refractivity contribution in [2.24, 2.45) is 17.6 Å². The molecule has 3 amide bonds. The highest BCUT2D eigenvalue weighted by molar-refractivity contribution is 5.94. The number of nitrogens with one attached hydrogen (secondary N) is 3. The summed E-state index contributed by atoms with van der Waals surface area (Å²) < 4.78 is 0. The predicted octanol–water partition coefficient (Wildman–Crippen LogP) is 0.817. The van der Waals surface area contributed by atoms with E-state index in [0.717, 1.165) is 5.56 Å².